The third kappa shape index (κ3) is 6.70. The molecule has 11 heteroatoms. The van der Waals surface area contributed by atoms with Crippen molar-refractivity contribution in [2.24, 2.45) is 17.1 Å². The van der Waals surface area contributed by atoms with E-state index in [9.17, 15) is 19.2 Å². The summed E-state index contributed by atoms with van der Waals surface area (Å²) in [6, 6.07) is 7.35. The summed E-state index contributed by atoms with van der Waals surface area (Å²) in [5, 5.41) is 17.1. The van der Waals surface area contributed by atoms with Gasteiger partial charge < -0.3 is 25.6 Å². The summed E-state index contributed by atoms with van der Waals surface area (Å²) < 4.78 is 20.3. The van der Waals surface area contributed by atoms with Crippen LogP contribution >= 0.6 is 0 Å². The smallest absolute Gasteiger partial charge is 0.409 e. The van der Waals surface area contributed by atoms with E-state index in [4.69, 9.17) is 10.5 Å². The Morgan fingerprint density at radius 2 is 2.03 bits per heavy atom. The van der Waals surface area contributed by atoms with Gasteiger partial charge in [0, 0.05) is 36.9 Å². The minimum Gasteiger partial charge on any atom is -0.449 e. The fourth-order valence-electron chi connectivity index (χ4n) is 4.27. The summed E-state index contributed by atoms with van der Waals surface area (Å²) in [7, 11) is 3.93. The maximum Gasteiger partial charge on any atom is 0.409 e. The molecule has 2 aromatic rings. The van der Waals surface area contributed by atoms with Crippen molar-refractivity contribution in [3.8, 4) is 6.07 Å². The van der Waals surface area contributed by atoms with Gasteiger partial charge in [-0.2, -0.15) is 10.4 Å². The first-order chi connectivity index (χ1) is 16.5. The van der Waals surface area contributed by atoms with Crippen LogP contribution in [0.4, 0.5) is 20.7 Å². The maximum atomic E-state index is 13.2. The third-order valence-corrected chi connectivity index (χ3v) is 5.78. The molecule has 1 fully saturated rings. The zero-order valence-corrected chi connectivity index (χ0v) is 20.5. The molecule has 2 amide bonds. The van der Waals surface area contributed by atoms with Crippen LogP contribution in [0.1, 0.15) is 36.7 Å². The predicted molar refractivity (Wildman–Crippen MR) is 128 cm³/mol. The first kappa shape index (κ1) is 26.0. The first-order valence-corrected chi connectivity index (χ1v) is 11.4. The lowest BCUT2D eigenvalue weighted by Gasteiger charge is -2.36. The number of nitrogens with zero attached hydrogens (tertiary/aromatic N) is 5. The van der Waals surface area contributed by atoms with Crippen molar-refractivity contribution in [3.05, 3.63) is 41.8 Å². The van der Waals surface area contributed by atoms with Crippen LogP contribution in [-0.4, -0.2) is 71.9 Å². The van der Waals surface area contributed by atoms with Crippen molar-refractivity contribution in [1.82, 2.24) is 19.6 Å². The quantitative estimate of drug-likeness (QED) is 0.588. The Kier molecular flexibility index (Phi) is 7.96. The van der Waals surface area contributed by atoms with Gasteiger partial charge in [-0.25, -0.2) is 9.18 Å². The molecule has 10 nitrogen and oxygen atoms in total. The molecule has 1 saturated heterocycles. The molecule has 2 atom stereocenters. The highest BCUT2D eigenvalue weighted by molar-refractivity contribution is 5.98. The van der Waals surface area contributed by atoms with Crippen LogP contribution in [0.15, 0.2) is 30.5 Å². The second-order valence-corrected chi connectivity index (χ2v) is 9.86. The molecule has 1 aromatic heterocycles. The van der Waals surface area contributed by atoms with Crippen LogP contribution in [0.25, 0.3) is 0 Å². The number of hydrogen-bond donors (Lipinski definition) is 2. The highest BCUT2D eigenvalue weighted by Gasteiger charge is 2.35. The fourth-order valence-corrected chi connectivity index (χ4v) is 4.27. The van der Waals surface area contributed by atoms with Crippen molar-refractivity contribution in [2.45, 2.75) is 26.3 Å². The summed E-state index contributed by atoms with van der Waals surface area (Å²) >= 11 is 0. The van der Waals surface area contributed by atoms with Crippen molar-refractivity contribution in [2.75, 3.05) is 45.7 Å². The number of piperidine rings is 1. The molecule has 3 N–H and O–H groups in total. The van der Waals surface area contributed by atoms with E-state index in [2.05, 4.69) is 16.5 Å². The SMILES string of the molecule is CN(C)CC(C)(C)COC(=O)N1CC[C@@H](C#N)C(n2cc(C(N)=O)c(Nc3ccc(F)cc3)n2)C1. The number of carbonyl (C=O) groups is 2. The number of halogens is 1. The molecule has 1 unspecified atom stereocenters. The van der Waals surface area contributed by atoms with Gasteiger partial charge in [0.05, 0.1) is 24.6 Å². The summed E-state index contributed by atoms with van der Waals surface area (Å²) in [6.45, 7) is 5.64. The fraction of sp³-hybridized carbons (Fsp3) is 0.500. The van der Waals surface area contributed by atoms with E-state index in [1.165, 1.54) is 35.1 Å². The Morgan fingerprint density at radius 3 is 2.63 bits per heavy atom. The standard InChI is InChI=1S/C24H32FN7O3/c1-24(2,14-30(3)4)15-35-23(34)31-10-9-16(11-26)20(13-31)32-12-19(21(27)33)22(29-32)28-18-7-5-17(25)6-8-18/h5-8,12,16,20H,9-10,13-15H2,1-4H3,(H2,27,33)(H,28,29)/t16-,20?/m0/s1. The Bertz CT molecular complexity index is 1090. The van der Waals surface area contributed by atoms with Crippen LogP contribution in [-0.2, 0) is 4.74 Å². The molecule has 2 heterocycles. The summed E-state index contributed by atoms with van der Waals surface area (Å²) in [6.07, 6.45) is 1.45. The van der Waals surface area contributed by atoms with Crippen LogP contribution in [0.5, 0.6) is 0 Å². The summed E-state index contributed by atoms with van der Waals surface area (Å²) in [5.41, 5.74) is 5.97. The number of carbonyl (C=O) groups excluding carboxylic acids is 2. The lowest BCUT2D eigenvalue weighted by Crippen LogP contribution is -2.45. The number of nitriles is 1. The van der Waals surface area contributed by atoms with E-state index in [0.29, 0.717) is 18.7 Å². The van der Waals surface area contributed by atoms with E-state index >= 15 is 0 Å². The highest BCUT2D eigenvalue weighted by Crippen LogP contribution is 2.30. The van der Waals surface area contributed by atoms with Crippen molar-refractivity contribution in [1.29, 1.82) is 5.26 Å². The minimum absolute atomic E-state index is 0.121. The number of aromatic nitrogens is 2. The van der Waals surface area contributed by atoms with E-state index in [1.807, 2.05) is 32.8 Å². The van der Waals surface area contributed by atoms with Crippen molar-refractivity contribution < 1.29 is 18.7 Å². The zero-order valence-electron chi connectivity index (χ0n) is 20.5. The number of hydrogen-bond acceptors (Lipinski definition) is 7. The van der Waals surface area contributed by atoms with Crippen LogP contribution in [0.3, 0.4) is 0 Å². The minimum atomic E-state index is -0.704. The molecule has 1 aliphatic heterocycles. The van der Waals surface area contributed by atoms with Gasteiger partial charge in [-0.15, -0.1) is 0 Å². The van der Waals surface area contributed by atoms with Gasteiger partial charge in [-0.1, -0.05) is 13.8 Å². The Balaban J connectivity index is 1.77. The van der Waals surface area contributed by atoms with Gasteiger partial charge in [0.2, 0.25) is 0 Å². The lowest BCUT2D eigenvalue weighted by molar-refractivity contribution is 0.0431. The second kappa shape index (κ2) is 10.7. The van der Waals surface area contributed by atoms with Crippen molar-refractivity contribution >= 4 is 23.5 Å². The Labute approximate surface area is 204 Å². The molecule has 35 heavy (non-hydrogen) atoms. The maximum absolute atomic E-state index is 13.2. The van der Waals surface area contributed by atoms with Crippen LogP contribution in [0, 0.1) is 28.5 Å². The van der Waals surface area contributed by atoms with Gasteiger partial charge in [0.25, 0.3) is 5.91 Å². The molecule has 1 aliphatic rings. The third-order valence-electron chi connectivity index (χ3n) is 5.78. The first-order valence-electron chi connectivity index (χ1n) is 11.4. The van der Waals surface area contributed by atoms with Gasteiger partial charge in [0.15, 0.2) is 5.82 Å². The zero-order chi connectivity index (χ0) is 25.8. The summed E-state index contributed by atoms with van der Waals surface area (Å²) in [4.78, 5) is 28.5. The molecular weight excluding hydrogens is 453 g/mol. The number of amides is 2. The molecule has 0 radical (unpaired) electrons. The molecule has 0 spiro atoms. The van der Waals surface area contributed by atoms with Gasteiger partial charge in [-0.05, 0) is 44.8 Å². The topological polar surface area (TPSA) is 130 Å². The Morgan fingerprint density at radius 1 is 1.34 bits per heavy atom. The van der Waals surface area contributed by atoms with E-state index in [-0.39, 0.29) is 29.9 Å². The Hall–Kier alpha value is -3.65. The normalized spacial score (nSPS) is 18.3. The second-order valence-electron chi connectivity index (χ2n) is 9.86. The molecule has 0 bridgehead atoms. The number of rotatable bonds is 8. The number of anilines is 2. The van der Waals surface area contributed by atoms with E-state index in [0.717, 1.165) is 6.54 Å². The monoisotopic (exact) mass is 485 g/mol. The highest BCUT2D eigenvalue weighted by atomic mass is 19.1. The number of primary amides is 1. The van der Waals surface area contributed by atoms with E-state index < -0.39 is 29.8 Å². The van der Waals surface area contributed by atoms with Gasteiger partial charge in [0.1, 0.15) is 11.4 Å². The molecule has 0 saturated carbocycles. The van der Waals surface area contributed by atoms with E-state index in [1.54, 1.807) is 4.90 Å². The number of benzene rings is 1. The van der Waals surface area contributed by atoms with Gasteiger partial charge >= 0.3 is 6.09 Å². The number of nitrogens with two attached hydrogens (primary N) is 1. The number of ether oxygens (including phenoxy) is 1. The predicted octanol–water partition coefficient (Wildman–Crippen LogP) is 2.98. The largest absolute Gasteiger partial charge is 0.449 e. The van der Waals surface area contributed by atoms with Crippen molar-refractivity contribution in [3.63, 3.8) is 0 Å². The molecule has 1 aromatic carbocycles. The average Bonchev–Trinajstić information content (AvgIpc) is 3.21. The molecule has 188 valence electrons. The van der Waals surface area contributed by atoms with Crippen LogP contribution < -0.4 is 11.1 Å². The average molecular weight is 486 g/mol. The van der Waals surface area contributed by atoms with Crippen LogP contribution in [0.2, 0.25) is 0 Å². The summed E-state index contributed by atoms with van der Waals surface area (Å²) in [5.74, 6) is -1.34. The number of nitrogens with one attached hydrogen (secondary N) is 1. The number of likely N-dealkylation sites (tertiary alicyclic amines) is 1. The molecule has 0 aliphatic carbocycles. The lowest BCUT2D eigenvalue weighted by atomic mass is 9.93. The van der Waals surface area contributed by atoms with Gasteiger partial charge in [-0.3, -0.25) is 9.48 Å². The molecule has 3 rings (SSSR count). The molecular formula is C24H32FN7O3.